The van der Waals surface area contributed by atoms with Crippen molar-refractivity contribution in [3.8, 4) is 0 Å². The van der Waals surface area contributed by atoms with Crippen LogP contribution < -0.4 is 11.9 Å². The Bertz CT molecular complexity index is 319. The maximum atomic E-state index is 5.42. The smallest absolute Gasteiger partial charge is 0.198 e. The van der Waals surface area contributed by atoms with E-state index < -0.39 is 0 Å². The summed E-state index contributed by atoms with van der Waals surface area (Å²) in [5.41, 5.74) is 7.33. The summed E-state index contributed by atoms with van der Waals surface area (Å²) < 4.78 is 0. The van der Waals surface area contributed by atoms with Gasteiger partial charge >= 0.3 is 0 Å². The van der Waals surface area contributed by atoms with E-state index in [0.29, 0.717) is 5.95 Å². The molecule has 0 saturated heterocycles. The largest absolute Gasteiger partial charge is 0.369 e. The Morgan fingerprint density at radius 2 is 2.00 bits per heavy atom. The number of fused-ring (bicyclic) bond motifs is 1. The maximum absolute atomic E-state index is 5.42. The number of aromatic amines is 1. The predicted octanol–water partition coefficient (Wildman–Crippen LogP) is 1.31. The highest BCUT2D eigenvalue weighted by molar-refractivity contribution is 5.76. The highest BCUT2D eigenvalue weighted by Crippen LogP contribution is 2.10. The summed E-state index contributed by atoms with van der Waals surface area (Å²) in [4.78, 5) is 6.96. The monoisotopic (exact) mass is 150 g/mol. The molecule has 1 heterocycles. The topological polar surface area (TPSA) is 89.7 Å². The van der Waals surface area contributed by atoms with Gasteiger partial charge in [0.1, 0.15) is 0 Å². The van der Waals surface area contributed by atoms with Crippen LogP contribution in [0, 0.1) is 0 Å². The zero-order valence-corrected chi connectivity index (χ0v) is 6.04. The first kappa shape index (κ1) is 7.56. The fourth-order valence-corrected chi connectivity index (χ4v) is 0.973. The average molecular weight is 150 g/mol. The lowest BCUT2D eigenvalue weighted by molar-refractivity contribution is 1.35. The molecular weight excluding hydrogens is 140 g/mol. The summed E-state index contributed by atoms with van der Waals surface area (Å²) in [7, 11) is 0. The van der Waals surface area contributed by atoms with Crippen molar-refractivity contribution in [2.75, 3.05) is 5.73 Å². The van der Waals surface area contributed by atoms with Crippen LogP contribution in [-0.2, 0) is 0 Å². The van der Waals surface area contributed by atoms with Gasteiger partial charge in [-0.1, -0.05) is 12.1 Å². The fraction of sp³-hybridized carbons (Fsp3) is 0. The summed E-state index contributed by atoms with van der Waals surface area (Å²) >= 11 is 0. The number of nitrogens with zero attached hydrogens (tertiary/aromatic N) is 1. The molecule has 58 valence electrons. The molecule has 0 saturated carbocycles. The zero-order valence-electron chi connectivity index (χ0n) is 6.04. The van der Waals surface area contributed by atoms with Crippen LogP contribution in [0.15, 0.2) is 24.3 Å². The van der Waals surface area contributed by atoms with Crippen LogP contribution in [0.2, 0.25) is 0 Å². The standard InChI is InChI=1S/C7H7N3.H3N/c8-7-9-5-3-1-2-4-6(5)10-7;/h1-4H,(H3,8,9,10);1H3. The van der Waals surface area contributed by atoms with E-state index in [2.05, 4.69) is 9.97 Å². The van der Waals surface area contributed by atoms with E-state index in [9.17, 15) is 0 Å². The van der Waals surface area contributed by atoms with Gasteiger partial charge in [-0.25, -0.2) is 4.98 Å². The molecule has 2 aromatic rings. The van der Waals surface area contributed by atoms with Crippen LogP contribution in [0.1, 0.15) is 0 Å². The Morgan fingerprint density at radius 3 is 2.73 bits per heavy atom. The quantitative estimate of drug-likeness (QED) is 0.528. The average Bonchev–Trinajstić information content (AvgIpc) is 2.27. The van der Waals surface area contributed by atoms with Crippen molar-refractivity contribution in [3.05, 3.63) is 24.3 Å². The van der Waals surface area contributed by atoms with Gasteiger partial charge in [0, 0.05) is 0 Å². The Morgan fingerprint density at radius 1 is 1.27 bits per heavy atom. The molecule has 1 aromatic heterocycles. The molecule has 4 heteroatoms. The summed E-state index contributed by atoms with van der Waals surface area (Å²) in [6.07, 6.45) is 0. The first-order valence-corrected chi connectivity index (χ1v) is 3.06. The number of aromatic nitrogens is 2. The van der Waals surface area contributed by atoms with E-state index in [0.717, 1.165) is 11.0 Å². The molecule has 11 heavy (non-hydrogen) atoms. The second-order valence-electron chi connectivity index (χ2n) is 2.14. The van der Waals surface area contributed by atoms with Gasteiger partial charge in [0.05, 0.1) is 11.0 Å². The number of imidazole rings is 1. The first-order valence-electron chi connectivity index (χ1n) is 3.06. The molecule has 0 radical (unpaired) electrons. The van der Waals surface area contributed by atoms with Crippen molar-refractivity contribution in [1.82, 2.24) is 16.1 Å². The zero-order chi connectivity index (χ0) is 6.97. The molecule has 0 fully saturated rings. The second-order valence-corrected chi connectivity index (χ2v) is 2.14. The molecule has 4 nitrogen and oxygen atoms in total. The van der Waals surface area contributed by atoms with Crippen molar-refractivity contribution < 1.29 is 0 Å². The lowest BCUT2D eigenvalue weighted by Gasteiger charge is -1.81. The molecule has 0 atom stereocenters. The fourth-order valence-electron chi connectivity index (χ4n) is 0.973. The van der Waals surface area contributed by atoms with Gasteiger partial charge < -0.3 is 16.9 Å². The van der Waals surface area contributed by atoms with E-state index in [1.54, 1.807) is 0 Å². The number of anilines is 1. The van der Waals surface area contributed by atoms with Gasteiger partial charge in [-0.15, -0.1) is 0 Å². The third-order valence-corrected chi connectivity index (χ3v) is 1.41. The van der Waals surface area contributed by atoms with E-state index in [-0.39, 0.29) is 6.15 Å². The number of hydrogen-bond donors (Lipinski definition) is 3. The van der Waals surface area contributed by atoms with Crippen LogP contribution in [0.25, 0.3) is 11.0 Å². The molecule has 0 bridgehead atoms. The predicted molar refractivity (Wildman–Crippen MR) is 45.5 cm³/mol. The van der Waals surface area contributed by atoms with Gasteiger partial charge in [0.15, 0.2) is 5.95 Å². The van der Waals surface area contributed by atoms with Crippen molar-refractivity contribution in [1.29, 1.82) is 0 Å². The van der Waals surface area contributed by atoms with Crippen molar-refractivity contribution in [2.24, 2.45) is 0 Å². The van der Waals surface area contributed by atoms with Crippen LogP contribution in [0.5, 0.6) is 0 Å². The van der Waals surface area contributed by atoms with Crippen molar-refractivity contribution >= 4 is 17.0 Å². The number of benzene rings is 1. The molecule has 0 spiro atoms. The number of nitrogens with one attached hydrogen (secondary N) is 1. The molecule has 6 N–H and O–H groups in total. The van der Waals surface area contributed by atoms with E-state index in [1.165, 1.54) is 0 Å². The molecule has 0 aliphatic carbocycles. The van der Waals surface area contributed by atoms with E-state index in [4.69, 9.17) is 5.73 Å². The summed E-state index contributed by atoms with van der Waals surface area (Å²) in [6.45, 7) is 0. The van der Waals surface area contributed by atoms with Crippen LogP contribution in [-0.4, -0.2) is 9.97 Å². The lowest BCUT2D eigenvalue weighted by atomic mass is 10.3. The Labute approximate surface area is 64.0 Å². The highest BCUT2D eigenvalue weighted by Gasteiger charge is 1.94. The minimum atomic E-state index is 0. The van der Waals surface area contributed by atoms with Crippen molar-refractivity contribution in [2.45, 2.75) is 0 Å². The molecule has 2 rings (SSSR count). The molecule has 0 aliphatic heterocycles. The normalized spacial score (nSPS) is 9.45. The minimum absolute atomic E-state index is 0. The van der Waals surface area contributed by atoms with Gasteiger partial charge in [-0.05, 0) is 12.1 Å². The molecule has 1 aromatic carbocycles. The molecular formula is C7H10N4. The van der Waals surface area contributed by atoms with Crippen LogP contribution in [0.3, 0.4) is 0 Å². The second kappa shape index (κ2) is 2.59. The van der Waals surface area contributed by atoms with Gasteiger partial charge in [-0.3, -0.25) is 0 Å². The van der Waals surface area contributed by atoms with Gasteiger partial charge in [-0.2, -0.15) is 0 Å². The summed E-state index contributed by atoms with van der Waals surface area (Å²) in [5.74, 6) is 0.473. The molecule has 0 aliphatic rings. The van der Waals surface area contributed by atoms with Crippen molar-refractivity contribution in [3.63, 3.8) is 0 Å². The number of hydrogen-bond acceptors (Lipinski definition) is 3. The van der Waals surface area contributed by atoms with Crippen LogP contribution >= 0.6 is 0 Å². The maximum Gasteiger partial charge on any atom is 0.198 e. The number of para-hydroxylation sites is 2. The van der Waals surface area contributed by atoms with Gasteiger partial charge in [0.2, 0.25) is 0 Å². The lowest BCUT2D eigenvalue weighted by Crippen LogP contribution is -1.84. The Balaban J connectivity index is 0.000000605. The minimum Gasteiger partial charge on any atom is -0.369 e. The highest BCUT2D eigenvalue weighted by atomic mass is 15.0. The third kappa shape index (κ3) is 1.15. The SMILES string of the molecule is N.Nc1nc2ccccc2[nH]1. The number of rotatable bonds is 0. The molecule has 0 amide bonds. The Kier molecular flexibility index (Phi) is 1.78. The Hall–Kier alpha value is -1.55. The van der Waals surface area contributed by atoms with E-state index in [1.807, 2.05) is 24.3 Å². The number of nitrogens with two attached hydrogens (primary N) is 1. The number of H-pyrrole nitrogens is 1. The summed E-state index contributed by atoms with van der Waals surface area (Å²) in [5, 5.41) is 0. The summed E-state index contributed by atoms with van der Waals surface area (Å²) in [6, 6.07) is 7.74. The first-order chi connectivity index (χ1) is 4.86. The molecule has 0 unspecified atom stereocenters. The van der Waals surface area contributed by atoms with E-state index >= 15 is 0 Å². The van der Waals surface area contributed by atoms with Gasteiger partial charge in [0.25, 0.3) is 0 Å². The third-order valence-electron chi connectivity index (χ3n) is 1.41. The number of nitrogen functional groups attached to an aromatic ring is 1. The van der Waals surface area contributed by atoms with Crippen LogP contribution in [0.4, 0.5) is 5.95 Å².